The lowest BCUT2D eigenvalue weighted by molar-refractivity contribution is 0.0317. The molecule has 2 N–H and O–H groups in total. The summed E-state index contributed by atoms with van der Waals surface area (Å²) in [6.45, 7) is 6.47. The van der Waals surface area contributed by atoms with Crippen molar-refractivity contribution in [2.75, 3.05) is 19.8 Å². The molecule has 0 saturated carbocycles. The molecule has 0 bridgehead atoms. The molecule has 0 saturated heterocycles. The normalized spacial score (nSPS) is 11.4. The standard InChI is InChI=1S/C14H21NO5S/c1-4-5-19-6-7-20-14(16)13-9-12(21(15,17)18)8-10(2)11(13)3/h8-9H,4-7H2,1-3H3,(H2,15,17,18). The number of carbonyl (C=O) groups is 1. The Balaban J connectivity index is 2.86. The molecule has 1 aromatic carbocycles. The van der Waals surface area contributed by atoms with E-state index in [0.717, 1.165) is 6.42 Å². The van der Waals surface area contributed by atoms with Crippen molar-refractivity contribution < 1.29 is 22.7 Å². The van der Waals surface area contributed by atoms with Gasteiger partial charge in [0.25, 0.3) is 0 Å². The SMILES string of the molecule is CCCOCCOC(=O)c1cc(S(N)(=O)=O)cc(C)c1C. The second-order valence-electron chi connectivity index (χ2n) is 4.71. The molecule has 1 aromatic rings. The third-order valence-electron chi connectivity index (χ3n) is 3.00. The van der Waals surface area contributed by atoms with E-state index < -0.39 is 16.0 Å². The van der Waals surface area contributed by atoms with Crippen LogP contribution in [-0.2, 0) is 19.5 Å². The van der Waals surface area contributed by atoms with E-state index in [-0.39, 0.29) is 17.1 Å². The Hall–Kier alpha value is -1.44. The molecule has 7 heteroatoms. The highest BCUT2D eigenvalue weighted by molar-refractivity contribution is 7.89. The maximum Gasteiger partial charge on any atom is 0.338 e. The quantitative estimate of drug-likeness (QED) is 0.608. The van der Waals surface area contributed by atoms with Crippen molar-refractivity contribution >= 4 is 16.0 Å². The average molecular weight is 315 g/mol. The van der Waals surface area contributed by atoms with Gasteiger partial charge in [-0.05, 0) is 43.5 Å². The predicted molar refractivity (Wildman–Crippen MR) is 78.7 cm³/mol. The highest BCUT2D eigenvalue weighted by atomic mass is 32.2. The molecule has 0 spiro atoms. The van der Waals surface area contributed by atoms with Crippen LogP contribution in [0.2, 0.25) is 0 Å². The van der Waals surface area contributed by atoms with E-state index in [9.17, 15) is 13.2 Å². The van der Waals surface area contributed by atoms with E-state index >= 15 is 0 Å². The fourth-order valence-electron chi connectivity index (χ4n) is 1.72. The molecule has 0 unspecified atom stereocenters. The van der Waals surface area contributed by atoms with Gasteiger partial charge in [0.05, 0.1) is 17.1 Å². The molecule has 0 aliphatic heterocycles. The Bertz CT molecular complexity index is 610. The third kappa shape index (κ3) is 5.11. The number of primary sulfonamides is 1. The van der Waals surface area contributed by atoms with Crippen LogP contribution in [0.5, 0.6) is 0 Å². The first-order valence-electron chi connectivity index (χ1n) is 6.66. The van der Waals surface area contributed by atoms with E-state index in [0.29, 0.717) is 24.3 Å². The van der Waals surface area contributed by atoms with Gasteiger partial charge in [-0.2, -0.15) is 0 Å². The van der Waals surface area contributed by atoms with Gasteiger partial charge in [-0.25, -0.2) is 18.4 Å². The van der Waals surface area contributed by atoms with Crippen LogP contribution in [0.25, 0.3) is 0 Å². The van der Waals surface area contributed by atoms with Gasteiger partial charge in [-0.1, -0.05) is 6.92 Å². The minimum Gasteiger partial charge on any atom is -0.460 e. The van der Waals surface area contributed by atoms with E-state index in [2.05, 4.69) is 0 Å². The summed E-state index contributed by atoms with van der Waals surface area (Å²) in [6.07, 6.45) is 0.892. The van der Waals surface area contributed by atoms with Crippen LogP contribution in [-0.4, -0.2) is 34.2 Å². The summed E-state index contributed by atoms with van der Waals surface area (Å²) in [6, 6.07) is 2.68. The van der Waals surface area contributed by atoms with Crippen LogP contribution in [0, 0.1) is 13.8 Å². The molecule has 0 fully saturated rings. The molecule has 6 nitrogen and oxygen atoms in total. The number of esters is 1. The van der Waals surface area contributed by atoms with Gasteiger partial charge in [-0.3, -0.25) is 0 Å². The molecule has 118 valence electrons. The number of benzene rings is 1. The minimum atomic E-state index is -3.86. The predicted octanol–water partition coefficient (Wildman–Crippen LogP) is 1.53. The Morgan fingerprint density at radius 3 is 2.43 bits per heavy atom. The second kappa shape index (κ2) is 7.53. The van der Waals surface area contributed by atoms with Crippen LogP contribution < -0.4 is 5.14 Å². The molecule has 1 rings (SSSR count). The lowest BCUT2D eigenvalue weighted by atomic mass is 10.0. The largest absolute Gasteiger partial charge is 0.460 e. The van der Waals surface area contributed by atoms with Gasteiger partial charge in [-0.15, -0.1) is 0 Å². The van der Waals surface area contributed by atoms with Gasteiger partial charge in [0.2, 0.25) is 10.0 Å². The number of rotatable bonds is 7. The van der Waals surface area contributed by atoms with Crippen molar-refractivity contribution in [1.82, 2.24) is 0 Å². The summed E-state index contributed by atoms with van der Waals surface area (Å²) in [5.74, 6) is -0.582. The van der Waals surface area contributed by atoms with Crippen LogP contribution in [0.3, 0.4) is 0 Å². The van der Waals surface area contributed by atoms with Crippen molar-refractivity contribution in [2.24, 2.45) is 5.14 Å². The summed E-state index contributed by atoms with van der Waals surface area (Å²) < 4.78 is 33.1. The maximum atomic E-state index is 12.0. The van der Waals surface area contributed by atoms with Gasteiger partial charge in [0, 0.05) is 6.61 Å². The van der Waals surface area contributed by atoms with Gasteiger partial charge in [0.15, 0.2) is 0 Å². The zero-order chi connectivity index (χ0) is 16.0. The first-order chi connectivity index (χ1) is 9.77. The van der Waals surface area contributed by atoms with Crippen LogP contribution >= 0.6 is 0 Å². The lowest BCUT2D eigenvalue weighted by Gasteiger charge is -2.11. The van der Waals surface area contributed by atoms with E-state index in [4.69, 9.17) is 14.6 Å². The van der Waals surface area contributed by atoms with Crippen LogP contribution in [0.1, 0.15) is 34.8 Å². The number of hydrogen-bond acceptors (Lipinski definition) is 5. The molecular formula is C14H21NO5S. The van der Waals surface area contributed by atoms with E-state index in [1.165, 1.54) is 12.1 Å². The number of carbonyl (C=O) groups excluding carboxylic acids is 1. The Kier molecular flexibility index (Phi) is 6.32. The second-order valence-corrected chi connectivity index (χ2v) is 6.27. The molecule has 0 amide bonds. The number of nitrogens with two attached hydrogens (primary N) is 1. The number of sulfonamides is 1. The number of hydrogen-bond donors (Lipinski definition) is 1. The highest BCUT2D eigenvalue weighted by Crippen LogP contribution is 2.20. The zero-order valence-electron chi connectivity index (χ0n) is 12.5. The fourth-order valence-corrected chi connectivity index (χ4v) is 2.34. The van der Waals surface area contributed by atoms with Crippen molar-refractivity contribution in [1.29, 1.82) is 0 Å². The molecular weight excluding hydrogens is 294 g/mol. The van der Waals surface area contributed by atoms with Crippen molar-refractivity contribution in [3.8, 4) is 0 Å². The molecule has 21 heavy (non-hydrogen) atoms. The first-order valence-corrected chi connectivity index (χ1v) is 8.21. The lowest BCUT2D eigenvalue weighted by Crippen LogP contribution is -2.16. The topological polar surface area (TPSA) is 95.7 Å². The number of aryl methyl sites for hydroxylation is 1. The van der Waals surface area contributed by atoms with Crippen LogP contribution in [0.4, 0.5) is 0 Å². The first kappa shape index (κ1) is 17.6. The smallest absolute Gasteiger partial charge is 0.338 e. The fraction of sp³-hybridized carbons (Fsp3) is 0.500. The minimum absolute atomic E-state index is 0.0974. The van der Waals surface area contributed by atoms with Gasteiger partial charge in [0.1, 0.15) is 6.61 Å². The van der Waals surface area contributed by atoms with Gasteiger partial charge < -0.3 is 9.47 Å². The Morgan fingerprint density at radius 2 is 1.86 bits per heavy atom. The molecule has 0 atom stereocenters. The summed E-state index contributed by atoms with van der Waals surface area (Å²) in [4.78, 5) is 11.9. The van der Waals surface area contributed by atoms with Gasteiger partial charge >= 0.3 is 5.97 Å². The maximum absolute atomic E-state index is 12.0. The molecule has 0 radical (unpaired) electrons. The molecule has 0 heterocycles. The van der Waals surface area contributed by atoms with Crippen molar-refractivity contribution in [3.05, 3.63) is 28.8 Å². The highest BCUT2D eigenvalue weighted by Gasteiger charge is 2.17. The molecule has 0 aromatic heterocycles. The third-order valence-corrected chi connectivity index (χ3v) is 3.89. The zero-order valence-corrected chi connectivity index (χ0v) is 13.3. The summed E-state index contributed by atoms with van der Waals surface area (Å²) in [5, 5.41) is 5.10. The average Bonchev–Trinajstić information content (AvgIpc) is 2.40. The number of ether oxygens (including phenoxy) is 2. The van der Waals surface area contributed by atoms with Crippen molar-refractivity contribution in [3.63, 3.8) is 0 Å². The summed E-state index contributed by atoms with van der Waals surface area (Å²) in [5.41, 5.74) is 1.53. The monoisotopic (exact) mass is 315 g/mol. The Labute approximate surface area is 125 Å². The van der Waals surface area contributed by atoms with Crippen molar-refractivity contribution in [2.45, 2.75) is 32.1 Å². The summed E-state index contributed by atoms with van der Waals surface area (Å²) >= 11 is 0. The molecule has 0 aliphatic carbocycles. The van der Waals surface area contributed by atoms with E-state index in [1.54, 1.807) is 13.8 Å². The van der Waals surface area contributed by atoms with E-state index in [1.807, 2.05) is 6.92 Å². The van der Waals surface area contributed by atoms with Crippen LogP contribution in [0.15, 0.2) is 17.0 Å². The summed E-state index contributed by atoms with van der Waals surface area (Å²) in [7, 11) is -3.86. The Morgan fingerprint density at radius 1 is 1.19 bits per heavy atom. The molecule has 0 aliphatic rings.